The standard InChI is InChI=1S/C26H20N2O5/c1-30-26(29)16-6-7-23-20(10-16)19(18-5-3-2-4-17(18)13-31-23)8-9-28-14-27-21-11-24-25(12-22(21)28)33-15-32-24/h2-8,10-12,14H,9,13,15H2,1H3/b19-8+. The number of hydrogen-bond donors (Lipinski definition) is 0. The molecule has 2 aliphatic rings. The molecule has 3 heterocycles. The topological polar surface area (TPSA) is 71.8 Å². The van der Waals surface area contributed by atoms with E-state index in [0.717, 1.165) is 44.8 Å². The number of rotatable bonds is 3. The van der Waals surface area contributed by atoms with Crippen molar-refractivity contribution in [2.24, 2.45) is 0 Å². The summed E-state index contributed by atoms with van der Waals surface area (Å²) in [6.07, 6.45) is 3.95. The molecule has 4 aromatic rings. The molecule has 0 amide bonds. The number of methoxy groups -OCH3 is 1. The number of esters is 1. The summed E-state index contributed by atoms with van der Waals surface area (Å²) in [5, 5.41) is 0. The number of imidazole rings is 1. The first-order chi connectivity index (χ1) is 16.2. The number of ether oxygens (including phenoxy) is 4. The molecule has 0 aliphatic carbocycles. The van der Waals surface area contributed by atoms with Gasteiger partial charge in [0.2, 0.25) is 6.79 Å². The number of allylic oxidation sites excluding steroid dienone is 1. The van der Waals surface area contributed by atoms with Crippen LogP contribution in [-0.4, -0.2) is 29.4 Å². The normalized spacial score (nSPS) is 15.0. The van der Waals surface area contributed by atoms with Gasteiger partial charge in [-0.1, -0.05) is 30.3 Å². The highest BCUT2D eigenvalue weighted by molar-refractivity contribution is 5.93. The Kier molecular flexibility index (Phi) is 4.54. The fourth-order valence-electron chi connectivity index (χ4n) is 4.32. The van der Waals surface area contributed by atoms with Crippen LogP contribution in [0.25, 0.3) is 16.6 Å². The van der Waals surface area contributed by atoms with Crippen molar-refractivity contribution in [1.29, 1.82) is 0 Å². The number of fused-ring (bicyclic) bond motifs is 4. The minimum atomic E-state index is -0.383. The van der Waals surface area contributed by atoms with E-state index in [1.54, 1.807) is 6.07 Å². The van der Waals surface area contributed by atoms with E-state index in [9.17, 15) is 4.79 Å². The highest BCUT2D eigenvalue weighted by atomic mass is 16.7. The van der Waals surface area contributed by atoms with Gasteiger partial charge in [-0.2, -0.15) is 0 Å². The monoisotopic (exact) mass is 440 g/mol. The van der Waals surface area contributed by atoms with Crippen LogP contribution in [0, 0.1) is 0 Å². The minimum absolute atomic E-state index is 0.224. The van der Waals surface area contributed by atoms with Gasteiger partial charge in [0.1, 0.15) is 12.4 Å². The number of carbonyl (C=O) groups is 1. The lowest BCUT2D eigenvalue weighted by Gasteiger charge is -2.12. The summed E-state index contributed by atoms with van der Waals surface area (Å²) in [4.78, 5) is 16.7. The van der Waals surface area contributed by atoms with Crippen LogP contribution in [0.2, 0.25) is 0 Å². The molecule has 0 fully saturated rings. The number of nitrogens with zero attached hydrogens (tertiary/aromatic N) is 2. The van der Waals surface area contributed by atoms with Crippen LogP contribution in [0.15, 0.2) is 67.0 Å². The first-order valence-corrected chi connectivity index (χ1v) is 10.6. The van der Waals surface area contributed by atoms with Crippen LogP contribution >= 0.6 is 0 Å². The molecular formula is C26H20N2O5. The van der Waals surface area contributed by atoms with E-state index in [0.29, 0.717) is 24.5 Å². The molecule has 6 rings (SSSR count). The first-order valence-electron chi connectivity index (χ1n) is 10.6. The molecule has 33 heavy (non-hydrogen) atoms. The van der Waals surface area contributed by atoms with E-state index >= 15 is 0 Å². The molecule has 0 saturated carbocycles. The Labute approximate surface area is 189 Å². The zero-order valence-electron chi connectivity index (χ0n) is 17.9. The molecule has 2 aliphatic heterocycles. The Balaban J connectivity index is 1.47. The Morgan fingerprint density at radius 1 is 1.03 bits per heavy atom. The summed E-state index contributed by atoms with van der Waals surface area (Å²) in [5.41, 5.74) is 6.27. The fourth-order valence-corrected chi connectivity index (χ4v) is 4.32. The van der Waals surface area contributed by atoms with Gasteiger partial charge < -0.3 is 23.5 Å². The summed E-state index contributed by atoms with van der Waals surface area (Å²) in [7, 11) is 1.38. The molecule has 0 saturated heterocycles. The third-order valence-electron chi connectivity index (χ3n) is 5.99. The van der Waals surface area contributed by atoms with Gasteiger partial charge in [0.25, 0.3) is 0 Å². The predicted octanol–water partition coefficient (Wildman–Crippen LogP) is 4.58. The molecule has 0 bridgehead atoms. The number of carbonyl (C=O) groups excluding carboxylic acids is 1. The van der Waals surface area contributed by atoms with Crippen LogP contribution in [0.1, 0.15) is 27.0 Å². The average Bonchev–Trinajstić information content (AvgIpc) is 3.44. The second-order valence-electron chi connectivity index (χ2n) is 7.86. The second kappa shape index (κ2) is 7.70. The number of aromatic nitrogens is 2. The summed E-state index contributed by atoms with van der Waals surface area (Å²) >= 11 is 0. The lowest BCUT2D eigenvalue weighted by molar-refractivity contribution is 0.0600. The Morgan fingerprint density at radius 3 is 2.76 bits per heavy atom. The van der Waals surface area contributed by atoms with E-state index in [1.165, 1.54) is 7.11 Å². The Hall–Kier alpha value is -4.26. The molecule has 0 unspecified atom stereocenters. The van der Waals surface area contributed by atoms with E-state index in [2.05, 4.69) is 27.8 Å². The lowest BCUT2D eigenvalue weighted by atomic mass is 9.93. The third kappa shape index (κ3) is 3.29. The molecule has 3 aromatic carbocycles. The molecule has 0 radical (unpaired) electrons. The predicted molar refractivity (Wildman–Crippen MR) is 121 cm³/mol. The van der Waals surface area contributed by atoms with Gasteiger partial charge in [-0.05, 0) is 34.9 Å². The Morgan fingerprint density at radius 2 is 1.88 bits per heavy atom. The highest BCUT2D eigenvalue weighted by Crippen LogP contribution is 2.38. The largest absolute Gasteiger partial charge is 0.488 e. The van der Waals surface area contributed by atoms with Crippen LogP contribution in [0.4, 0.5) is 0 Å². The van der Waals surface area contributed by atoms with Crippen molar-refractivity contribution < 1.29 is 23.7 Å². The van der Waals surface area contributed by atoms with Crippen molar-refractivity contribution in [2.75, 3.05) is 13.9 Å². The van der Waals surface area contributed by atoms with Crippen molar-refractivity contribution in [1.82, 2.24) is 9.55 Å². The zero-order chi connectivity index (χ0) is 22.4. The molecule has 0 atom stereocenters. The third-order valence-corrected chi connectivity index (χ3v) is 5.99. The van der Waals surface area contributed by atoms with E-state index in [4.69, 9.17) is 18.9 Å². The molecule has 164 valence electrons. The summed E-state index contributed by atoms with van der Waals surface area (Å²) in [5.74, 6) is 1.78. The van der Waals surface area contributed by atoms with Gasteiger partial charge in [-0.25, -0.2) is 9.78 Å². The lowest BCUT2D eigenvalue weighted by Crippen LogP contribution is -2.03. The minimum Gasteiger partial charge on any atom is -0.488 e. The summed E-state index contributed by atoms with van der Waals surface area (Å²) in [6.45, 7) is 1.25. The van der Waals surface area contributed by atoms with Crippen molar-refractivity contribution >= 4 is 22.6 Å². The smallest absolute Gasteiger partial charge is 0.337 e. The quantitative estimate of drug-likeness (QED) is 0.435. The van der Waals surface area contributed by atoms with Gasteiger partial charge in [0, 0.05) is 24.2 Å². The summed E-state index contributed by atoms with van der Waals surface area (Å²) in [6, 6.07) is 17.4. The van der Waals surface area contributed by atoms with Gasteiger partial charge in [-0.15, -0.1) is 0 Å². The summed E-state index contributed by atoms with van der Waals surface area (Å²) < 4.78 is 24.1. The van der Waals surface area contributed by atoms with Gasteiger partial charge >= 0.3 is 5.97 Å². The molecule has 7 nitrogen and oxygen atoms in total. The van der Waals surface area contributed by atoms with Gasteiger partial charge in [0.05, 0.1) is 30.0 Å². The maximum atomic E-state index is 12.2. The van der Waals surface area contributed by atoms with E-state index < -0.39 is 0 Å². The van der Waals surface area contributed by atoms with E-state index in [-0.39, 0.29) is 12.8 Å². The molecule has 0 N–H and O–H groups in total. The molecule has 1 aromatic heterocycles. The molecular weight excluding hydrogens is 420 g/mol. The van der Waals surface area contributed by atoms with Gasteiger partial charge in [-0.3, -0.25) is 0 Å². The Bertz CT molecular complexity index is 1440. The SMILES string of the molecule is COC(=O)c1ccc2c(c1)/C(=C/Cn1cnc3cc4c(cc31)OCO4)c1ccccc1CO2. The average molecular weight is 440 g/mol. The highest BCUT2D eigenvalue weighted by Gasteiger charge is 2.21. The van der Waals surface area contributed by atoms with Crippen molar-refractivity contribution in [2.45, 2.75) is 13.2 Å². The second-order valence-corrected chi connectivity index (χ2v) is 7.86. The van der Waals surface area contributed by atoms with Crippen LogP contribution in [-0.2, 0) is 17.9 Å². The van der Waals surface area contributed by atoms with Crippen molar-refractivity contribution in [3.8, 4) is 17.2 Å². The van der Waals surface area contributed by atoms with Crippen molar-refractivity contribution in [3.63, 3.8) is 0 Å². The first kappa shape index (κ1) is 19.4. The van der Waals surface area contributed by atoms with Crippen molar-refractivity contribution in [3.05, 3.63) is 89.3 Å². The molecule has 0 spiro atoms. The fraction of sp³-hybridized carbons (Fsp3) is 0.154. The van der Waals surface area contributed by atoms with E-state index in [1.807, 2.05) is 42.7 Å². The zero-order valence-corrected chi connectivity index (χ0v) is 17.9. The number of benzene rings is 3. The van der Waals surface area contributed by atoms with Crippen LogP contribution in [0.3, 0.4) is 0 Å². The number of hydrogen-bond acceptors (Lipinski definition) is 6. The van der Waals surface area contributed by atoms with Crippen LogP contribution < -0.4 is 14.2 Å². The molecule has 7 heteroatoms. The van der Waals surface area contributed by atoms with Gasteiger partial charge in [0.15, 0.2) is 11.5 Å². The maximum Gasteiger partial charge on any atom is 0.337 e. The maximum absolute atomic E-state index is 12.2. The van der Waals surface area contributed by atoms with Crippen LogP contribution in [0.5, 0.6) is 17.2 Å².